The summed E-state index contributed by atoms with van der Waals surface area (Å²) in [5.41, 5.74) is 2.92. The van der Waals surface area contributed by atoms with Gasteiger partial charge in [0.05, 0.1) is 13.3 Å². The van der Waals surface area contributed by atoms with Crippen molar-refractivity contribution >= 4 is 12.1 Å². The lowest BCUT2D eigenvalue weighted by Crippen LogP contribution is -2.42. The van der Waals surface area contributed by atoms with Crippen LogP contribution in [0.25, 0.3) is 0 Å². The molecule has 1 heterocycles. The van der Waals surface area contributed by atoms with E-state index in [9.17, 15) is 9.90 Å². The average molecular weight is 288 g/mol. The Morgan fingerprint density at radius 2 is 2.38 bits per heavy atom. The molecule has 0 saturated heterocycles. The van der Waals surface area contributed by atoms with Gasteiger partial charge in [-0.1, -0.05) is 17.9 Å². The van der Waals surface area contributed by atoms with E-state index in [1.54, 1.807) is 29.1 Å². The molecule has 0 aliphatic heterocycles. The number of hydrazone groups is 1. The minimum Gasteiger partial charge on any atom is -0.870 e. The maximum atomic E-state index is 11.7. The summed E-state index contributed by atoms with van der Waals surface area (Å²) < 4.78 is 6.76. The molecule has 2 N–H and O–H groups in total. The third-order valence-electron chi connectivity index (χ3n) is 2.90. The number of nitrogens with one attached hydrogen (secondary N) is 2. The van der Waals surface area contributed by atoms with E-state index in [1.165, 1.54) is 19.4 Å². The van der Waals surface area contributed by atoms with Crippen molar-refractivity contribution in [3.63, 3.8) is 0 Å². The fraction of sp³-hybridized carbons (Fsp3) is 0.214. The van der Waals surface area contributed by atoms with Crippen LogP contribution in [0.2, 0.25) is 0 Å². The summed E-state index contributed by atoms with van der Waals surface area (Å²) in [6, 6.07) is 4.69. The number of methoxy groups -OCH3 is 1. The minimum absolute atomic E-state index is 0.158. The summed E-state index contributed by atoms with van der Waals surface area (Å²) in [5.74, 6) is 0.573. The van der Waals surface area contributed by atoms with Gasteiger partial charge in [0.15, 0.2) is 6.54 Å². The summed E-state index contributed by atoms with van der Waals surface area (Å²) >= 11 is 0. The number of imidazole rings is 1. The van der Waals surface area contributed by atoms with Crippen molar-refractivity contribution in [2.45, 2.75) is 13.5 Å². The van der Waals surface area contributed by atoms with E-state index in [2.05, 4.69) is 15.5 Å². The smallest absolute Gasteiger partial charge is 0.282 e. The van der Waals surface area contributed by atoms with Crippen LogP contribution < -0.4 is 19.8 Å². The zero-order chi connectivity index (χ0) is 15.2. The van der Waals surface area contributed by atoms with Crippen LogP contribution in [0.1, 0.15) is 11.4 Å². The predicted molar refractivity (Wildman–Crippen MR) is 73.9 cm³/mol. The SMILES string of the molecule is COc1c([O-])cccc1/C=N/NC(=O)C[n+]1cc[nH]c1C. The van der Waals surface area contributed by atoms with Gasteiger partial charge in [0.25, 0.3) is 11.7 Å². The largest absolute Gasteiger partial charge is 0.870 e. The van der Waals surface area contributed by atoms with Crippen LogP contribution in [0.5, 0.6) is 11.5 Å². The first-order valence-electron chi connectivity index (χ1n) is 6.31. The predicted octanol–water partition coefficient (Wildman–Crippen LogP) is -0.157. The van der Waals surface area contributed by atoms with E-state index in [0.717, 1.165) is 5.82 Å². The fourth-order valence-electron chi connectivity index (χ4n) is 1.83. The van der Waals surface area contributed by atoms with Gasteiger partial charge < -0.3 is 9.84 Å². The molecule has 110 valence electrons. The molecule has 0 saturated carbocycles. The number of carbonyl (C=O) groups is 1. The number of aromatic nitrogens is 2. The normalized spacial score (nSPS) is 10.8. The standard InChI is InChI=1S/C14H16N4O3/c1-10-15-6-7-18(10)9-13(20)17-16-8-11-4-3-5-12(19)14(11)21-2/h3-8H,9H2,1-2H3,(H2,17,19,20)/b16-8+. The van der Waals surface area contributed by atoms with Gasteiger partial charge in [-0.05, 0) is 6.07 Å². The highest BCUT2D eigenvalue weighted by molar-refractivity contribution is 5.86. The van der Waals surface area contributed by atoms with Crippen LogP contribution in [0.3, 0.4) is 0 Å². The maximum Gasteiger partial charge on any atom is 0.282 e. The third kappa shape index (κ3) is 3.59. The van der Waals surface area contributed by atoms with Crippen LogP contribution in [0.15, 0.2) is 35.7 Å². The first kappa shape index (κ1) is 14.6. The van der Waals surface area contributed by atoms with Crippen molar-refractivity contribution in [3.8, 4) is 11.5 Å². The Morgan fingerprint density at radius 3 is 3.05 bits per heavy atom. The summed E-state index contributed by atoms with van der Waals surface area (Å²) in [6.45, 7) is 2.02. The van der Waals surface area contributed by atoms with Crippen molar-refractivity contribution in [1.82, 2.24) is 10.4 Å². The number of H-pyrrole nitrogens is 1. The molecule has 0 bridgehead atoms. The first-order chi connectivity index (χ1) is 10.1. The van der Waals surface area contributed by atoms with Crippen molar-refractivity contribution in [2.75, 3.05) is 7.11 Å². The van der Waals surface area contributed by atoms with E-state index in [-0.39, 0.29) is 24.0 Å². The molecular weight excluding hydrogens is 272 g/mol. The summed E-state index contributed by atoms with van der Waals surface area (Å²) in [7, 11) is 1.41. The molecule has 2 aromatic rings. The molecule has 0 aliphatic carbocycles. The number of rotatable bonds is 5. The molecule has 0 aliphatic rings. The van der Waals surface area contributed by atoms with Crippen molar-refractivity contribution in [3.05, 3.63) is 42.0 Å². The highest BCUT2D eigenvalue weighted by Crippen LogP contribution is 2.25. The molecule has 0 radical (unpaired) electrons. The van der Waals surface area contributed by atoms with E-state index < -0.39 is 0 Å². The van der Waals surface area contributed by atoms with Gasteiger partial charge in [-0.15, -0.1) is 0 Å². The number of ether oxygens (including phenoxy) is 1. The lowest BCUT2D eigenvalue weighted by atomic mass is 10.2. The zero-order valence-corrected chi connectivity index (χ0v) is 11.8. The lowest BCUT2D eigenvalue weighted by Gasteiger charge is -2.13. The Kier molecular flexibility index (Phi) is 4.55. The Morgan fingerprint density at radius 1 is 1.57 bits per heavy atom. The molecule has 1 aromatic carbocycles. The minimum atomic E-state index is -0.267. The zero-order valence-electron chi connectivity index (χ0n) is 11.8. The molecule has 0 unspecified atom stereocenters. The van der Waals surface area contributed by atoms with Crippen LogP contribution in [-0.2, 0) is 11.3 Å². The topological polar surface area (TPSA) is 93.4 Å². The van der Waals surface area contributed by atoms with Gasteiger partial charge in [-0.3, -0.25) is 4.79 Å². The Bertz CT molecular complexity index is 664. The van der Waals surface area contributed by atoms with E-state index in [0.29, 0.717) is 5.56 Å². The molecule has 0 spiro atoms. The first-order valence-corrected chi connectivity index (χ1v) is 6.31. The van der Waals surface area contributed by atoms with Gasteiger partial charge in [0.1, 0.15) is 18.1 Å². The third-order valence-corrected chi connectivity index (χ3v) is 2.90. The van der Waals surface area contributed by atoms with Gasteiger partial charge >= 0.3 is 0 Å². The number of carbonyl (C=O) groups excluding carboxylic acids is 1. The number of aryl methyl sites for hydroxylation is 1. The number of hydrogen-bond acceptors (Lipinski definition) is 4. The van der Waals surface area contributed by atoms with Gasteiger partial charge in [-0.25, -0.2) is 15.0 Å². The van der Waals surface area contributed by atoms with Crippen LogP contribution in [0.4, 0.5) is 0 Å². The van der Waals surface area contributed by atoms with Crippen molar-refractivity contribution in [2.24, 2.45) is 5.10 Å². The van der Waals surface area contributed by atoms with Crippen LogP contribution in [-0.4, -0.2) is 24.2 Å². The number of para-hydroxylation sites is 1. The van der Waals surface area contributed by atoms with Crippen LogP contribution in [0, 0.1) is 6.92 Å². The Labute approximate surface area is 121 Å². The number of nitrogens with zero attached hydrogens (tertiary/aromatic N) is 2. The fourth-order valence-corrected chi connectivity index (χ4v) is 1.83. The Hall–Kier alpha value is -2.83. The van der Waals surface area contributed by atoms with E-state index in [4.69, 9.17) is 4.74 Å². The molecule has 7 heteroatoms. The number of amides is 1. The molecule has 21 heavy (non-hydrogen) atoms. The molecular formula is C14H16N4O3. The molecule has 0 atom stereocenters. The molecule has 7 nitrogen and oxygen atoms in total. The lowest BCUT2D eigenvalue weighted by molar-refractivity contribution is -0.689. The number of aromatic amines is 1. The highest BCUT2D eigenvalue weighted by atomic mass is 16.5. The summed E-state index contributed by atoms with van der Waals surface area (Å²) in [6.07, 6.45) is 4.89. The monoisotopic (exact) mass is 288 g/mol. The molecule has 0 fully saturated rings. The van der Waals surface area contributed by atoms with Gasteiger partial charge in [-0.2, -0.15) is 5.10 Å². The van der Waals surface area contributed by atoms with Crippen molar-refractivity contribution < 1.29 is 19.2 Å². The van der Waals surface area contributed by atoms with Gasteiger partial charge in [0.2, 0.25) is 0 Å². The second-order valence-corrected chi connectivity index (χ2v) is 4.35. The average Bonchev–Trinajstić information content (AvgIpc) is 2.84. The van der Waals surface area contributed by atoms with E-state index >= 15 is 0 Å². The Balaban J connectivity index is 1.98. The number of hydrogen-bond donors (Lipinski definition) is 2. The quantitative estimate of drug-likeness (QED) is 0.455. The highest BCUT2D eigenvalue weighted by Gasteiger charge is 2.09. The second-order valence-electron chi connectivity index (χ2n) is 4.35. The second kappa shape index (κ2) is 6.56. The molecule has 1 amide bonds. The molecule has 2 rings (SSSR count). The maximum absolute atomic E-state index is 11.7. The summed E-state index contributed by atoms with van der Waals surface area (Å²) in [4.78, 5) is 14.7. The molecule has 1 aromatic heterocycles. The van der Waals surface area contributed by atoms with E-state index in [1.807, 2.05) is 6.92 Å². The van der Waals surface area contributed by atoms with Gasteiger partial charge in [0, 0.05) is 12.5 Å². The summed E-state index contributed by atoms with van der Waals surface area (Å²) in [5, 5.41) is 15.4. The van der Waals surface area contributed by atoms with Crippen LogP contribution >= 0.6 is 0 Å². The number of benzene rings is 1. The van der Waals surface area contributed by atoms with Crippen molar-refractivity contribution in [1.29, 1.82) is 0 Å².